The largest absolute Gasteiger partial charge is 0.492 e. The van der Waals surface area contributed by atoms with Crippen molar-refractivity contribution in [2.24, 2.45) is 0 Å². The van der Waals surface area contributed by atoms with E-state index in [1.165, 1.54) is 28.8 Å². The minimum Gasteiger partial charge on any atom is -0.492 e. The Morgan fingerprint density at radius 2 is 1.70 bits per heavy atom. The Morgan fingerprint density at radius 1 is 1.00 bits per heavy atom. The number of para-hydroxylation sites is 2. The van der Waals surface area contributed by atoms with Gasteiger partial charge in [-0.25, -0.2) is 8.42 Å². The van der Waals surface area contributed by atoms with Gasteiger partial charge in [-0.15, -0.1) is 11.8 Å². The molecule has 8 nitrogen and oxygen atoms in total. The number of likely N-dealkylation sites (N-methyl/N-ethyl adjacent to an activating group) is 1. The number of carbonyl (C=O) groups excluding carboxylic acids is 2. The lowest BCUT2D eigenvalue weighted by Gasteiger charge is -2.32. The van der Waals surface area contributed by atoms with Crippen LogP contribution in [0.15, 0.2) is 82.6 Å². The van der Waals surface area contributed by atoms with Gasteiger partial charge in [0.1, 0.15) is 18.3 Å². The standard InChI is InChI=1S/C30H37N3O5S2/c1-6-31-30(35)23(4)32(20-24-12-10-11-22(3)19-24)29(34)21-33(27-13-8-9-14-28(27)38-7-2)40(36,37)26-17-15-25(39-5)16-18-26/h8-19,23H,6-7,20-21H2,1-5H3,(H,31,35)/t23-/m1/s1. The first-order valence-electron chi connectivity index (χ1n) is 13.1. The molecule has 1 atom stereocenters. The van der Waals surface area contributed by atoms with E-state index >= 15 is 0 Å². The number of benzene rings is 3. The van der Waals surface area contributed by atoms with Crippen LogP contribution in [0.2, 0.25) is 0 Å². The van der Waals surface area contributed by atoms with Crippen molar-refractivity contribution in [3.8, 4) is 5.75 Å². The highest BCUT2D eigenvalue weighted by Gasteiger charge is 2.33. The summed E-state index contributed by atoms with van der Waals surface area (Å²) in [6.07, 6.45) is 1.91. The van der Waals surface area contributed by atoms with Crippen LogP contribution in [-0.2, 0) is 26.2 Å². The Balaban J connectivity index is 2.09. The zero-order chi connectivity index (χ0) is 29.3. The highest BCUT2D eigenvalue weighted by molar-refractivity contribution is 7.98. The highest BCUT2D eigenvalue weighted by atomic mass is 32.2. The quantitative estimate of drug-likeness (QED) is 0.289. The Labute approximate surface area is 241 Å². The molecule has 10 heteroatoms. The van der Waals surface area contributed by atoms with Crippen molar-refractivity contribution >= 4 is 39.3 Å². The van der Waals surface area contributed by atoms with Crippen LogP contribution in [0.4, 0.5) is 5.69 Å². The molecule has 3 rings (SSSR count). The molecule has 2 amide bonds. The molecule has 0 fully saturated rings. The van der Waals surface area contributed by atoms with Crippen LogP contribution in [-0.4, -0.2) is 57.1 Å². The van der Waals surface area contributed by atoms with Crippen molar-refractivity contribution < 1.29 is 22.7 Å². The van der Waals surface area contributed by atoms with Gasteiger partial charge in [0.15, 0.2) is 0 Å². The van der Waals surface area contributed by atoms with E-state index in [9.17, 15) is 18.0 Å². The van der Waals surface area contributed by atoms with E-state index in [4.69, 9.17) is 4.74 Å². The minimum absolute atomic E-state index is 0.0476. The number of amides is 2. The van der Waals surface area contributed by atoms with Gasteiger partial charge >= 0.3 is 0 Å². The van der Waals surface area contributed by atoms with Crippen LogP contribution in [0.3, 0.4) is 0 Å². The number of rotatable bonds is 13. The molecule has 3 aromatic rings. The molecule has 214 valence electrons. The fourth-order valence-electron chi connectivity index (χ4n) is 4.24. The average molecular weight is 584 g/mol. The summed E-state index contributed by atoms with van der Waals surface area (Å²) in [6, 6.07) is 20.1. The maximum absolute atomic E-state index is 14.1. The molecule has 0 saturated carbocycles. The molecule has 0 aliphatic rings. The van der Waals surface area contributed by atoms with Gasteiger partial charge < -0.3 is 15.0 Å². The van der Waals surface area contributed by atoms with E-state index in [1.807, 2.05) is 37.4 Å². The zero-order valence-corrected chi connectivity index (χ0v) is 25.2. The van der Waals surface area contributed by atoms with E-state index in [1.54, 1.807) is 57.2 Å². The summed E-state index contributed by atoms with van der Waals surface area (Å²) in [5.41, 5.74) is 2.09. The van der Waals surface area contributed by atoms with E-state index in [0.29, 0.717) is 18.9 Å². The number of ether oxygens (including phenoxy) is 1. The number of carbonyl (C=O) groups is 2. The molecule has 0 bridgehead atoms. The molecular formula is C30H37N3O5S2. The Kier molecular flexibility index (Phi) is 11.0. The van der Waals surface area contributed by atoms with Crippen LogP contribution in [0.25, 0.3) is 0 Å². The number of nitrogens with zero attached hydrogens (tertiary/aromatic N) is 2. The Bertz CT molecular complexity index is 1410. The molecule has 3 aromatic carbocycles. The van der Waals surface area contributed by atoms with E-state index < -0.39 is 28.5 Å². The maximum Gasteiger partial charge on any atom is 0.264 e. The molecule has 0 unspecified atom stereocenters. The SMILES string of the molecule is CCNC(=O)[C@@H](C)N(Cc1cccc(C)c1)C(=O)CN(c1ccccc1OCC)S(=O)(=O)c1ccc(SC)cc1. The van der Waals surface area contributed by atoms with Crippen molar-refractivity contribution in [1.29, 1.82) is 0 Å². The van der Waals surface area contributed by atoms with Gasteiger partial charge in [-0.3, -0.25) is 13.9 Å². The summed E-state index contributed by atoms with van der Waals surface area (Å²) in [5, 5.41) is 2.77. The second-order valence-electron chi connectivity index (χ2n) is 9.17. The fraction of sp³-hybridized carbons (Fsp3) is 0.333. The lowest BCUT2D eigenvalue weighted by atomic mass is 10.1. The number of hydrogen-bond acceptors (Lipinski definition) is 6. The van der Waals surface area contributed by atoms with E-state index in [2.05, 4.69) is 5.32 Å². The van der Waals surface area contributed by atoms with Crippen molar-refractivity contribution in [3.05, 3.63) is 83.9 Å². The lowest BCUT2D eigenvalue weighted by Crippen LogP contribution is -2.51. The van der Waals surface area contributed by atoms with Gasteiger partial charge in [0, 0.05) is 18.0 Å². The summed E-state index contributed by atoms with van der Waals surface area (Å²) in [4.78, 5) is 29.3. The lowest BCUT2D eigenvalue weighted by molar-refractivity contribution is -0.139. The van der Waals surface area contributed by atoms with Gasteiger partial charge in [-0.05, 0) is 75.9 Å². The highest BCUT2D eigenvalue weighted by Crippen LogP contribution is 2.33. The average Bonchev–Trinajstić information content (AvgIpc) is 2.95. The molecular weight excluding hydrogens is 546 g/mol. The second kappa shape index (κ2) is 14.2. The minimum atomic E-state index is -4.19. The smallest absolute Gasteiger partial charge is 0.264 e. The molecule has 40 heavy (non-hydrogen) atoms. The molecule has 1 N–H and O–H groups in total. The molecule has 0 aromatic heterocycles. The Hall–Kier alpha value is -3.50. The van der Waals surface area contributed by atoms with E-state index in [-0.39, 0.29) is 23.0 Å². The van der Waals surface area contributed by atoms with Crippen LogP contribution < -0.4 is 14.4 Å². The summed E-state index contributed by atoms with van der Waals surface area (Å²) in [5.74, 6) is -0.500. The predicted octanol–water partition coefficient (Wildman–Crippen LogP) is 4.86. The summed E-state index contributed by atoms with van der Waals surface area (Å²) in [7, 11) is -4.19. The molecule has 0 aliphatic carbocycles. The van der Waals surface area contributed by atoms with Gasteiger partial charge in [-0.1, -0.05) is 42.0 Å². The van der Waals surface area contributed by atoms with Crippen LogP contribution >= 0.6 is 11.8 Å². The summed E-state index contributed by atoms with van der Waals surface area (Å²) in [6.45, 7) is 7.54. The topological polar surface area (TPSA) is 96.0 Å². The first-order chi connectivity index (χ1) is 19.1. The van der Waals surface area contributed by atoms with Crippen LogP contribution in [0.5, 0.6) is 5.75 Å². The first kappa shape index (κ1) is 31.0. The van der Waals surface area contributed by atoms with Gasteiger partial charge in [0.25, 0.3) is 10.0 Å². The second-order valence-corrected chi connectivity index (χ2v) is 11.9. The first-order valence-corrected chi connectivity index (χ1v) is 15.8. The third kappa shape index (κ3) is 7.57. The van der Waals surface area contributed by atoms with Crippen LogP contribution in [0, 0.1) is 6.92 Å². The molecule has 0 saturated heterocycles. The fourth-order valence-corrected chi connectivity index (χ4v) is 6.07. The van der Waals surface area contributed by atoms with Crippen molar-refractivity contribution in [2.45, 2.75) is 50.1 Å². The van der Waals surface area contributed by atoms with Crippen LogP contribution in [0.1, 0.15) is 31.9 Å². The van der Waals surface area contributed by atoms with E-state index in [0.717, 1.165) is 20.3 Å². The Morgan fingerprint density at radius 3 is 2.33 bits per heavy atom. The monoisotopic (exact) mass is 583 g/mol. The van der Waals surface area contributed by atoms with Gasteiger partial charge in [0.2, 0.25) is 11.8 Å². The number of nitrogens with one attached hydrogen (secondary N) is 1. The molecule has 0 heterocycles. The summed E-state index contributed by atoms with van der Waals surface area (Å²) < 4.78 is 35.0. The summed E-state index contributed by atoms with van der Waals surface area (Å²) >= 11 is 1.50. The number of anilines is 1. The maximum atomic E-state index is 14.1. The number of hydrogen-bond donors (Lipinski definition) is 1. The normalized spacial score (nSPS) is 11.9. The van der Waals surface area contributed by atoms with Crippen molar-refractivity contribution in [1.82, 2.24) is 10.2 Å². The van der Waals surface area contributed by atoms with Gasteiger partial charge in [-0.2, -0.15) is 0 Å². The van der Waals surface area contributed by atoms with Crippen molar-refractivity contribution in [2.75, 3.05) is 30.3 Å². The number of sulfonamides is 1. The van der Waals surface area contributed by atoms with Gasteiger partial charge in [0.05, 0.1) is 17.2 Å². The third-order valence-electron chi connectivity index (χ3n) is 6.31. The number of thioether (sulfide) groups is 1. The number of aryl methyl sites for hydroxylation is 1. The molecule has 0 spiro atoms. The molecule has 0 aliphatic heterocycles. The molecule has 0 radical (unpaired) electrons. The zero-order valence-electron chi connectivity index (χ0n) is 23.6. The van der Waals surface area contributed by atoms with Crippen molar-refractivity contribution in [3.63, 3.8) is 0 Å². The predicted molar refractivity (Wildman–Crippen MR) is 160 cm³/mol. The third-order valence-corrected chi connectivity index (χ3v) is 8.83.